The van der Waals surface area contributed by atoms with Crippen LogP contribution in [0, 0.1) is 5.92 Å². The molecule has 0 spiro atoms. The third kappa shape index (κ3) is 7.98. The van der Waals surface area contributed by atoms with Gasteiger partial charge in [-0.1, -0.05) is 30.7 Å². The van der Waals surface area contributed by atoms with Crippen LogP contribution in [0.4, 0.5) is 0 Å². The molecule has 3 nitrogen and oxygen atoms in total. The first kappa shape index (κ1) is 18.1. The minimum atomic E-state index is -0.585. The number of aliphatic hydroxyl groups excluding tert-OH is 1. The van der Waals surface area contributed by atoms with Gasteiger partial charge in [0.2, 0.25) is 0 Å². The van der Waals surface area contributed by atoms with Gasteiger partial charge >= 0.3 is 0 Å². The molecule has 19 heavy (non-hydrogen) atoms. The van der Waals surface area contributed by atoms with Crippen LogP contribution in [0.5, 0.6) is 0 Å². The number of ether oxygens (including phenoxy) is 2. The zero-order valence-corrected chi connectivity index (χ0v) is 12.5. The van der Waals surface area contributed by atoms with E-state index < -0.39 is 6.10 Å². The Morgan fingerprint density at radius 1 is 1.37 bits per heavy atom. The number of hydrogen-bond donors (Lipinski definition) is 1. The smallest absolute Gasteiger partial charge is 0.101 e. The molecular weight excluding hydrogens is 240 g/mol. The second-order valence-corrected chi connectivity index (χ2v) is 4.78. The zero-order valence-electron chi connectivity index (χ0n) is 12.5. The van der Waals surface area contributed by atoms with E-state index in [0.717, 1.165) is 25.0 Å². The zero-order chi connectivity index (χ0) is 14.7. The van der Waals surface area contributed by atoms with Gasteiger partial charge in [0.1, 0.15) is 6.10 Å². The monoisotopic (exact) mass is 268 g/mol. The first-order valence-corrected chi connectivity index (χ1v) is 6.76. The summed E-state index contributed by atoms with van der Waals surface area (Å²) in [6, 6.07) is 0. The molecule has 3 unspecified atom stereocenters. The van der Waals surface area contributed by atoms with Crippen molar-refractivity contribution < 1.29 is 14.6 Å². The van der Waals surface area contributed by atoms with Gasteiger partial charge in [0.05, 0.1) is 12.7 Å². The van der Waals surface area contributed by atoms with E-state index in [1.165, 1.54) is 0 Å². The van der Waals surface area contributed by atoms with Crippen LogP contribution >= 0.6 is 0 Å². The topological polar surface area (TPSA) is 38.7 Å². The van der Waals surface area contributed by atoms with Crippen LogP contribution in [0.25, 0.3) is 0 Å². The number of aliphatic hydroxyl groups is 1. The van der Waals surface area contributed by atoms with Crippen LogP contribution in [-0.4, -0.2) is 37.6 Å². The average molecular weight is 268 g/mol. The Balaban J connectivity index is 4.11. The summed E-state index contributed by atoms with van der Waals surface area (Å²) in [6.07, 6.45) is 6.59. The minimum absolute atomic E-state index is 0.000254. The number of allylic oxidation sites excluding steroid dienone is 1. The van der Waals surface area contributed by atoms with E-state index in [2.05, 4.69) is 13.2 Å². The van der Waals surface area contributed by atoms with Crippen LogP contribution in [-0.2, 0) is 9.47 Å². The van der Waals surface area contributed by atoms with Gasteiger partial charge in [-0.25, -0.2) is 0 Å². The van der Waals surface area contributed by atoms with Crippen molar-refractivity contribution in [1.29, 1.82) is 0 Å². The van der Waals surface area contributed by atoms with Crippen molar-refractivity contribution in [3.8, 4) is 0 Å². The standard InChI is InChI=1S/C16H28O3/c1-6-8-9-10-19-12-13(3)11-14(4)16(17)15(7-2)18-5/h6-7,11,14-17H,1-2,8-10,12H2,3-5H3. The molecule has 0 bridgehead atoms. The fraction of sp³-hybridized carbons (Fsp3) is 0.625. The highest BCUT2D eigenvalue weighted by atomic mass is 16.5. The normalized spacial score (nSPS) is 16.7. The number of hydrogen-bond acceptors (Lipinski definition) is 3. The van der Waals surface area contributed by atoms with E-state index in [1.807, 2.05) is 26.0 Å². The van der Waals surface area contributed by atoms with Crippen LogP contribution in [0.1, 0.15) is 26.7 Å². The maximum absolute atomic E-state index is 10.1. The first-order valence-electron chi connectivity index (χ1n) is 6.76. The molecule has 0 fully saturated rings. The number of rotatable bonds is 11. The summed E-state index contributed by atoms with van der Waals surface area (Å²) in [6.45, 7) is 12.6. The molecule has 0 aromatic heterocycles. The molecule has 0 heterocycles. The van der Waals surface area contributed by atoms with Crippen LogP contribution in [0.15, 0.2) is 37.0 Å². The van der Waals surface area contributed by atoms with E-state index in [-0.39, 0.29) is 12.0 Å². The predicted molar refractivity (Wildman–Crippen MR) is 80.2 cm³/mol. The van der Waals surface area contributed by atoms with Gasteiger partial charge in [-0.2, -0.15) is 0 Å². The molecule has 3 atom stereocenters. The number of methoxy groups -OCH3 is 1. The SMILES string of the molecule is C=CCCCOCC(C)=CC(C)C(O)C(C=C)OC. The van der Waals surface area contributed by atoms with E-state index in [0.29, 0.717) is 6.61 Å². The highest BCUT2D eigenvalue weighted by molar-refractivity contribution is 5.04. The van der Waals surface area contributed by atoms with E-state index in [9.17, 15) is 5.11 Å². The van der Waals surface area contributed by atoms with E-state index in [1.54, 1.807) is 13.2 Å². The Bertz CT molecular complexity index is 284. The Hall–Kier alpha value is -0.900. The lowest BCUT2D eigenvalue weighted by Gasteiger charge is -2.22. The third-order valence-corrected chi connectivity index (χ3v) is 2.95. The molecule has 0 aliphatic carbocycles. The Kier molecular flexibility index (Phi) is 10.5. The summed E-state index contributed by atoms with van der Waals surface area (Å²) in [5, 5.41) is 10.1. The van der Waals surface area contributed by atoms with Gasteiger partial charge in [0, 0.05) is 19.6 Å². The molecule has 1 N–H and O–H groups in total. The van der Waals surface area contributed by atoms with Gasteiger partial charge in [-0.15, -0.1) is 13.2 Å². The van der Waals surface area contributed by atoms with Gasteiger partial charge in [0.15, 0.2) is 0 Å². The fourth-order valence-corrected chi connectivity index (χ4v) is 1.83. The molecule has 0 aliphatic heterocycles. The second-order valence-electron chi connectivity index (χ2n) is 4.78. The lowest BCUT2D eigenvalue weighted by Crippen LogP contribution is -2.31. The molecule has 0 rings (SSSR count). The summed E-state index contributed by atoms with van der Waals surface area (Å²) >= 11 is 0. The molecule has 0 amide bonds. The van der Waals surface area contributed by atoms with Crippen LogP contribution in [0.3, 0.4) is 0 Å². The van der Waals surface area contributed by atoms with Gasteiger partial charge in [-0.05, 0) is 19.8 Å². The lowest BCUT2D eigenvalue weighted by molar-refractivity contribution is -0.00169. The number of unbranched alkanes of at least 4 members (excludes halogenated alkanes) is 1. The van der Waals surface area contributed by atoms with Crippen LogP contribution < -0.4 is 0 Å². The van der Waals surface area contributed by atoms with Crippen molar-refractivity contribution in [2.24, 2.45) is 5.92 Å². The summed E-state index contributed by atoms with van der Waals surface area (Å²) in [5.41, 5.74) is 1.11. The Labute approximate surface area is 117 Å². The molecule has 0 aromatic rings. The van der Waals surface area contributed by atoms with Crippen molar-refractivity contribution in [3.63, 3.8) is 0 Å². The molecule has 0 aromatic carbocycles. The predicted octanol–water partition coefficient (Wildman–Crippen LogP) is 3.11. The maximum atomic E-state index is 10.1. The van der Waals surface area contributed by atoms with Crippen molar-refractivity contribution in [3.05, 3.63) is 37.0 Å². The third-order valence-electron chi connectivity index (χ3n) is 2.95. The quantitative estimate of drug-likeness (QED) is 0.462. The molecule has 0 saturated carbocycles. The highest BCUT2D eigenvalue weighted by Crippen LogP contribution is 2.14. The molecule has 0 radical (unpaired) electrons. The molecule has 3 heteroatoms. The highest BCUT2D eigenvalue weighted by Gasteiger charge is 2.20. The lowest BCUT2D eigenvalue weighted by atomic mass is 9.97. The van der Waals surface area contributed by atoms with Gasteiger partial charge in [-0.3, -0.25) is 0 Å². The molecule has 0 saturated heterocycles. The van der Waals surface area contributed by atoms with Crippen molar-refractivity contribution >= 4 is 0 Å². The fourth-order valence-electron chi connectivity index (χ4n) is 1.83. The second kappa shape index (κ2) is 11.0. The summed E-state index contributed by atoms with van der Waals surface area (Å²) in [5.74, 6) is -0.000254. The Morgan fingerprint density at radius 2 is 2.05 bits per heavy atom. The van der Waals surface area contributed by atoms with E-state index >= 15 is 0 Å². The summed E-state index contributed by atoms with van der Waals surface area (Å²) in [7, 11) is 1.57. The largest absolute Gasteiger partial charge is 0.389 e. The first-order chi connectivity index (χ1) is 9.06. The molecular formula is C16H28O3. The van der Waals surface area contributed by atoms with Crippen molar-refractivity contribution in [2.45, 2.75) is 38.9 Å². The van der Waals surface area contributed by atoms with Gasteiger partial charge < -0.3 is 14.6 Å². The molecule has 0 aliphatic rings. The molecule has 110 valence electrons. The van der Waals surface area contributed by atoms with Gasteiger partial charge in [0.25, 0.3) is 0 Å². The maximum Gasteiger partial charge on any atom is 0.101 e. The Morgan fingerprint density at radius 3 is 2.58 bits per heavy atom. The minimum Gasteiger partial charge on any atom is -0.389 e. The average Bonchev–Trinajstić information content (AvgIpc) is 2.39. The summed E-state index contributed by atoms with van der Waals surface area (Å²) < 4.78 is 10.7. The van der Waals surface area contributed by atoms with Crippen molar-refractivity contribution in [1.82, 2.24) is 0 Å². The van der Waals surface area contributed by atoms with E-state index in [4.69, 9.17) is 9.47 Å². The van der Waals surface area contributed by atoms with Crippen molar-refractivity contribution in [2.75, 3.05) is 20.3 Å². The summed E-state index contributed by atoms with van der Waals surface area (Å²) in [4.78, 5) is 0. The van der Waals surface area contributed by atoms with Crippen LogP contribution in [0.2, 0.25) is 0 Å².